The van der Waals surface area contributed by atoms with Crippen molar-refractivity contribution in [3.63, 3.8) is 0 Å². The van der Waals surface area contributed by atoms with Gasteiger partial charge in [-0.25, -0.2) is 4.99 Å². The Kier molecular flexibility index (Phi) is 18.0. The van der Waals surface area contributed by atoms with E-state index >= 15 is 0 Å². The van der Waals surface area contributed by atoms with Crippen LogP contribution >= 0.6 is 0 Å². The third-order valence-corrected chi connectivity index (χ3v) is 7.85. The molecule has 3 aromatic rings. The second-order valence-electron chi connectivity index (χ2n) is 11.8. The Morgan fingerprint density at radius 3 is 2.12 bits per heavy atom. The van der Waals surface area contributed by atoms with E-state index in [4.69, 9.17) is 26.4 Å². The minimum absolute atomic E-state index is 0.0915. The number of nitrogens with two attached hydrogens (primary N) is 2. The Bertz CT molecular complexity index is 1530. The topological polar surface area (TPSA) is 160 Å². The SMILES string of the molecule is C=CC(=N)OCCCCCCOc1ccc(C(N)=Nc2ccc(CCNC(=O)c3ccc(NCCCCCCN=C(N)C=C)cc3)cc2)cc1. The average molecular weight is 680 g/mol. The lowest BCUT2D eigenvalue weighted by Crippen LogP contribution is -2.25. The molecule has 0 radical (unpaired) electrons. The van der Waals surface area contributed by atoms with Crippen LogP contribution in [0.5, 0.6) is 5.75 Å². The number of unbranched alkanes of at least 4 members (excludes halogenated alkanes) is 6. The molecule has 3 rings (SSSR count). The van der Waals surface area contributed by atoms with Crippen molar-refractivity contribution in [2.45, 2.75) is 57.8 Å². The average Bonchev–Trinajstić information content (AvgIpc) is 3.14. The Morgan fingerprint density at radius 1 is 0.760 bits per heavy atom. The number of nitrogens with one attached hydrogen (secondary N) is 3. The molecule has 0 bridgehead atoms. The highest BCUT2D eigenvalue weighted by Crippen LogP contribution is 2.17. The highest BCUT2D eigenvalue weighted by molar-refractivity contribution is 5.99. The summed E-state index contributed by atoms with van der Waals surface area (Å²) in [5, 5.41) is 13.8. The zero-order chi connectivity index (χ0) is 35.8. The predicted octanol–water partition coefficient (Wildman–Crippen LogP) is 7.33. The lowest BCUT2D eigenvalue weighted by atomic mass is 10.1. The number of ether oxygens (including phenoxy) is 2. The van der Waals surface area contributed by atoms with Crippen LogP contribution in [0.4, 0.5) is 11.4 Å². The molecule has 0 unspecified atom stereocenters. The van der Waals surface area contributed by atoms with Gasteiger partial charge in [0, 0.05) is 36.4 Å². The molecule has 0 aliphatic heterocycles. The van der Waals surface area contributed by atoms with Crippen molar-refractivity contribution in [2.75, 3.05) is 38.2 Å². The van der Waals surface area contributed by atoms with Crippen LogP contribution < -0.4 is 26.8 Å². The number of anilines is 1. The summed E-state index contributed by atoms with van der Waals surface area (Å²) in [5.74, 6) is 1.75. The van der Waals surface area contributed by atoms with Crippen molar-refractivity contribution in [3.05, 3.63) is 115 Å². The lowest BCUT2D eigenvalue weighted by molar-refractivity contribution is 0.0954. The van der Waals surface area contributed by atoms with Crippen LogP contribution in [0.2, 0.25) is 0 Å². The van der Waals surface area contributed by atoms with Crippen LogP contribution in [0.15, 0.2) is 108 Å². The fraction of sp³-hybridized carbons (Fsp3) is 0.350. The Hall–Kier alpha value is -5.38. The monoisotopic (exact) mass is 679 g/mol. The highest BCUT2D eigenvalue weighted by atomic mass is 16.5. The summed E-state index contributed by atoms with van der Waals surface area (Å²) in [7, 11) is 0. The van der Waals surface area contributed by atoms with Crippen LogP contribution in [0.1, 0.15) is 72.9 Å². The maximum atomic E-state index is 12.7. The van der Waals surface area contributed by atoms with Gasteiger partial charge in [0.15, 0.2) is 0 Å². The molecule has 0 saturated heterocycles. The molecular formula is C40H53N7O3. The van der Waals surface area contributed by atoms with E-state index in [1.54, 1.807) is 6.08 Å². The molecular weight excluding hydrogens is 626 g/mol. The molecule has 0 heterocycles. The molecule has 10 nitrogen and oxygen atoms in total. The van der Waals surface area contributed by atoms with Crippen LogP contribution in [0.3, 0.4) is 0 Å². The van der Waals surface area contributed by atoms with Crippen LogP contribution in [0.25, 0.3) is 0 Å². The molecule has 0 aliphatic rings. The smallest absolute Gasteiger partial charge is 0.251 e. The number of carbonyl (C=O) groups is 1. The molecule has 0 spiro atoms. The van der Waals surface area contributed by atoms with Gasteiger partial charge >= 0.3 is 0 Å². The van der Waals surface area contributed by atoms with Gasteiger partial charge in [-0.05, 0) is 123 Å². The van der Waals surface area contributed by atoms with Gasteiger partial charge in [-0.2, -0.15) is 0 Å². The van der Waals surface area contributed by atoms with Gasteiger partial charge in [0.1, 0.15) is 17.4 Å². The molecule has 0 saturated carbocycles. The maximum absolute atomic E-state index is 12.7. The van der Waals surface area contributed by atoms with Crippen molar-refractivity contribution in [2.24, 2.45) is 21.5 Å². The molecule has 0 aliphatic carbocycles. The summed E-state index contributed by atoms with van der Waals surface area (Å²) in [6.45, 7) is 10.4. The van der Waals surface area contributed by atoms with Crippen LogP contribution in [-0.4, -0.2) is 56.3 Å². The van der Waals surface area contributed by atoms with Gasteiger partial charge < -0.3 is 31.6 Å². The van der Waals surface area contributed by atoms with E-state index in [1.807, 2.05) is 72.8 Å². The predicted molar refractivity (Wildman–Crippen MR) is 207 cm³/mol. The zero-order valence-corrected chi connectivity index (χ0v) is 29.2. The summed E-state index contributed by atoms with van der Waals surface area (Å²) >= 11 is 0. The summed E-state index contributed by atoms with van der Waals surface area (Å²) in [4.78, 5) is 21.4. The minimum atomic E-state index is -0.0915. The van der Waals surface area contributed by atoms with Crippen LogP contribution in [-0.2, 0) is 11.2 Å². The molecule has 3 aromatic carbocycles. The van der Waals surface area contributed by atoms with Gasteiger partial charge in [-0.1, -0.05) is 38.1 Å². The second kappa shape index (κ2) is 23.1. The Balaban J connectivity index is 1.30. The molecule has 1 amide bonds. The fourth-order valence-electron chi connectivity index (χ4n) is 4.91. The lowest BCUT2D eigenvalue weighted by Gasteiger charge is -2.09. The van der Waals surface area contributed by atoms with Gasteiger partial charge in [0.2, 0.25) is 5.90 Å². The summed E-state index contributed by atoms with van der Waals surface area (Å²) in [5.41, 5.74) is 16.2. The molecule has 0 atom stereocenters. The van der Waals surface area contributed by atoms with Crippen molar-refractivity contribution in [1.29, 1.82) is 5.41 Å². The van der Waals surface area contributed by atoms with Gasteiger partial charge in [0.25, 0.3) is 5.91 Å². The van der Waals surface area contributed by atoms with E-state index in [9.17, 15) is 4.79 Å². The summed E-state index contributed by atoms with van der Waals surface area (Å²) in [6.07, 6.45) is 11.9. The fourth-order valence-corrected chi connectivity index (χ4v) is 4.91. The third-order valence-electron chi connectivity index (χ3n) is 7.85. The van der Waals surface area contributed by atoms with E-state index in [1.165, 1.54) is 6.08 Å². The third kappa shape index (κ3) is 15.7. The van der Waals surface area contributed by atoms with Crippen LogP contribution in [0, 0.1) is 5.41 Å². The first-order valence-electron chi connectivity index (χ1n) is 17.4. The van der Waals surface area contributed by atoms with E-state index in [-0.39, 0.29) is 11.8 Å². The number of amidine groups is 2. The van der Waals surface area contributed by atoms with Gasteiger partial charge in [-0.3, -0.25) is 15.2 Å². The number of carbonyl (C=O) groups excluding carboxylic acids is 1. The summed E-state index contributed by atoms with van der Waals surface area (Å²) < 4.78 is 11.0. The van der Waals surface area contributed by atoms with E-state index in [0.717, 1.165) is 92.7 Å². The molecule has 10 heteroatoms. The molecule has 50 heavy (non-hydrogen) atoms. The first kappa shape index (κ1) is 39.1. The number of nitrogens with zero attached hydrogens (tertiary/aromatic N) is 2. The molecule has 266 valence electrons. The number of benzene rings is 3. The number of aliphatic imine (C=N–C) groups is 2. The molecule has 0 fully saturated rings. The molecule has 0 aromatic heterocycles. The first-order valence-corrected chi connectivity index (χ1v) is 17.4. The van der Waals surface area contributed by atoms with Crippen molar-refractivity contribution in [3.8, 4) is 5.75 Å². The zero-order valence-electron chi connectivity index (χ0n) is 29.2. The largest absolute Gasteiger partial charge is 0.494 e. The second-order valence-corrected chi connectivity index (χ2v) is 11.8. The normalized spacial score (nSPS) is 11.4. The quantitative estimate of drug-likeness (QED) is 0.0379. The van der Waals surface area contributed by atoms with Crippen molar-refractivity contribution >= 4 is 34.9 Å². The Morgan fingerprint density at radius 2 is 1.42 bits per heavy atom. The standard InChI is InChI=1S/C40H53N7O3/c1-3-37(41)45-27-10-6-5-9-26-44-34-21-15-33(16-22-34)40(48)46-28-25-31-13-19-35(20-14-31)47-39(43)32-17-23-36(24-18-32)49-29-11-7-8-12-30-50-38(42)4-2/h3-4,13-24,42,44H,1-2,5-12,25-30H2,(H2,41,45)(H2,43,47)(H,46,48). The number of hydrogen-bond acceptors (Lipinski definition) is 7. The van der Waals surface area contributed by atoms with Gasteiger partial charge in [0.05, 0.1) is 18.9 Å². The number of rotatable bonds is 24. The minimum Gasteiger partial charge on any atom is -0.494 e. The highest BCUT2D eigenvalue weighted by Gasteiger charge is 2.06. The summed E-state index contributed by atoms with van der Waals surface area (Å²) in [6, 6.07) is 23.1. The van der Waals surface area contributed by atoms with Crippen molar-refractivity contribution in [1.82, 2.24) is 5.32 Å². The first-order chi connectivity index (χ1) is 24.4. The molecule has 7 N–H and O–H groups in total. The van der Waals surface area contributed by atoms with Gasteiger partial charge in [-0.15, -0.1) is 0 Å². The Labute approximate surface area is 297 Å². The van der Waals surface area contributed by atoms with E-state index in [2.05, 4.69) is 33.8 Å². The van der Waals surface area contributed by atoms with Crippen molar-refractivity contribution < 1.29 is 14.3 Å². The maximum Gasteiger partial charge on any atom is 0.251 e. The van der Waals surface area contributed by atoms with E-state index in [0.29, 0.717) is 43.4 Å². The van der Waals surface area contributed by atoms with E-state index < -0.39 is 0 Å². The number of amides is 1. The number of hydrogen-bond donors (Lipinski definition) is 5.